The van der Waals surface area contributed by atoms with Crippen molar-refractivity contribution in [3.8, 4) is 0 Å². The number of carbonyl (C=O) groups is 2. The van der Waals surface area contributed by atoms with E-state index in [9.17, 15) is 9.59 Å². The van der Waals surface area contributed by atoms with E-state index in [-0.39, 0.29) is 0 Å². The Hall–Kier alpha value is -2.10. The number of hydrogen-bond donors (Lipinski definition) is 2. The number of aldehydes is 1. The minimum atomic E-state index is -1.41. The SMILES string of the molecule is NC(=O)C1(C=O)C=Cc2ccccc2N1. The summed E-state index contributed by atoms with van der Waals surface area (Å²) in [5.74, 6) is -0.705. The fourth-order valence-electron chi connectivity index (χ4n) is 1.51. The number of rotatable bonds is 2. The third-order valence-corrected chi connectivity index (χ3v) is 2.42. The van der Waals surface area contributed by atoms with Crippen LogP contribution in [0.4, 0.5) is 5.69 Å². The molecule has 0 aromatic heterocycles. The highest BCUT2D eigenvalue weighted by molar-refractivity contribution is 6.08. The van der Waals surface area contributed by atoms with Crippen molar-refractivity contribution in [2.75, 3.05) is 5.32 Å². The highest BCUT2D eigenvalue weighted by Gasteiger charge is 2.35. The molecule has 15 heavy (non-hydrogen) atoms. The van der Waals surface area contributed by atoms with E-state index in [0.29, 0.717) is 6.29 Å². The summed E-state index contributed by atoms with van der Waals surface area (Å²) >= 11 is 0. The second-order valence-electron chi connectivity index (χ2n) is 3.40. The zero-order chi connectivity index (χ0) is 10.9. The van der Waals surface area contributed by atoms with Gasteiger partial charge in [-0.1, -0.05) is 24.3 Å². The van der Waals surface area contributed by atoms with Crippen molar-refractivity contribution in [1.29, 1.82) is 0 Å². The number of nitrogens with two attached hydrogens (primary N) is 1. The van der Waals surface area contributed by atoms with Gasteiger partial charge in [-0.05, 0) is 17.7 Å². The minimum absolute atomic E-state index is 0.516. The summed E-state index contributed by atoms with van der Waals surface area (Å²) in [5.41, 5.74) is 5.43. The van der Waals surface area contributed by atoms with Crippen LogP contribution < -0.4 is 11.1 Å². The second kappa shape index (κ2) is 3.24. The smallest absolute Gasteiger partial charge is 0.254 e. The van der Waals surface area contributed by atoms with Gasteiger partial charge in [-0.2, -0.15) is 0 Å². The van der Waals surface area contributed by atoms with E-state index >= 15 is 0 Å². The highest BCUT2D eigenvalue weighted by Crippen LogP contribution is 2.26. The molecule has 0 fully saturated rings. The lowest BCUT2D eigenvalue weighted by Gasteiger charge is -2.27. The van der Waals surface area contributed by atoms with Crippen molar-refractivity contribution in [1.82, 2.24) is 0 Å². The van der Waals surface area contributed by atoms with Crippen LogP contribution in [0.2, 0.25) is 0 Å². The number of nitrogens with one attached hydrogen (secondary N) is 1. The summed E-state index contributed by atoms with van der Waals surface area (Å²) in [5, 5.41) is 2.83. The molecule has 1 aromatic carbocycles. The number of fused-ring (bicyclic) bond motifs is 1. The number of hydrogen-bond acceptors (Lipinski definition) is 3. The topological polar surface area (TPSA) is 72.2 Å². The van der Waals surface area contributed by atoms with E-state index in [1.165, 1.54) is 6.08 Å². The average molecular weight is 202 g/mol. The molecule has 0 saturated heterocycles. The van der Waals surface area contributed by atoms with Crippen LogP contribution in [0.25, 0.3) is 6.08 Å². The first kappa shape index (κ1) is 9.45. The molecule has 1 unspecified atom stereocenters. The Morgan fingerprint density at radius 1 is 1.40 bits per heavy atom. The predicted octanol–water partition coefficient (Wildman–Crippen LogP) is 0.548. The summed E-state index contributed by atoms with van der Waals surface area (Å²) in [7, 11) is 0. The number of primary amides is 1. The zero-order valence-electron chi connectivity index (χ0n) is 7.94. The molecular weight excluding hydrogens is 192 g/mol. The first-order valence-electron chi connectivity index (χ1n) is 4.51. The monoisotopic (exact) mass is 202 g/mol. The molecule has 1 aliphatic heterocycles. The molecule has 0 spiro atoms. The van der Waals surface area contributed by atoms with Crippen molar-refractivity contribution < 1.29 is 9.59 Å². The van der Waals surface area contributed by atoms with Crippen LogP contribution in [-0.4, -0.2) is 17.7 Å². The molecule has 3 N–H and O–H groups in total. The van der Waals surface area contributed by atoms with Gasteiger partial charge in [0.25, 0.3) is 5.91 Å². The minimum Gasteiger partial charge on any atom is -0.367 e. The fraction of sp³-hybridized carbons (Fsp3) is 0.0909. The molecule has 4 nitrogen and oxygen atoms in total. The van der Waals surface area contributed by atoms with Gasteiger partial charge in [-0.15, -0.1) is 0 Å². The maximum atomic E-state index is 11.2. The molecular formula is C11H10N2O2. The molecule has 0 aliphatic carbocycles. The van der Waals surface area contributed by atoms with Crippen LogP contribution in [-0.2, 0) is 9.59 Å². The maximum absolute atomic E-state index is 11.2. The Balaban J connectivity index is 2.48. The summed E-state index contributed by atoms with van der Waals surface area (Å²) in [4.78, 5) is 22.1. The molecule has 2 rings (SSSR count). The third kappa shape index (κ3) is 1.40. The van der Waals surface area contributed by atoms with Gasteiger partial charge >= 0.3 is 0 Å². The van der Waals surface area contributed by atoms with Crippen LogP contribution >= 0.6 is 0 Å². The van der Waals surface area contributed by atoms with E-state index < -0.39 is 11.4 Å². The van der Waals surface area contributed by atoms with Crippen molar-refractivity contribution in [2.45, 2.75) is 5.54 Å². The highest BCUT2D eigenvalue weighted by atomic mass is 16.2. The zero-order valence-corrected chi connectivity index (χ0v) is 7.94. The first-order valence-corrected chi connectivity index (χ1v) is 4.51. The Kier molecular flexibility index (Phi) is 2.04. The van der Waals surface area contributed by atoms with E-state index in [2.05, 4.69) is 5.32 Å². The van der Waals surface area contributed by atoms with Gasteiger partial charge in [0, 0.05) is 5.69 Å². The molecule has 1 heterocycles. The van der Waals surface area contributed by atoms with Gasteiger partial charge in [0.15, 0.2) is 11.8 Å². The second-order valence-corrected chi connectivity index (χ2v) is 3.40. The number of anilines is 1. The number of carbonyl (C=O) groups excluding carboxylic acids is 2. The van der Waals surface area contributed by atoms with Crippen molar-refractivity contribution in [3.63, 3.8) is 0 Å². The quantitative estimate of drug-likeness (QED) is 0.543. The lowest BCUT2D eigenvalue weighted by molar-refractivity contribution is -0.125. The van der Waals surface area contributed by atoms with Gasteiger partial charge in [0.1, 0.15) is 0 Å². The van der Waals surface area contributed by atoms with Crippen LogP contribution in [0, 0.1) is 0 Å². The van der Waals surface area contributed by atoms with E-state index in [0.717, 1.165) is 11.3 Å². The molecule has 1 atom stereocenters. The molecule has 4 heteroatoms. The van der Waals surface area contributed by atoms with Crippen molar-refractivity contribution in [2.24, 2.45) is 5.73 Å². The Morgan fingerprint density at radius 3 is 2.80 bits per heavy atom. The van der Waals surface area contributed by atoms with E-state index in [1.807, 2.05) is 18.2 Å². The molecule has 1 aliphatic rings. The molecule has 0 saturated carbocycles. The molecule has 76 valence electrons. The summed E-state index contributed by atoms with van der Waals surface area (Å²) in [6.45, 7) is 0. The third-order valence-electron chi connectivity index (χ3n) is 2.42. The van der Waals surface area contributed by atoms with Crippen LogP contribution in [0.5, 0.6) is 0 Å². The van der Waals surface area contributed by atoms with E-state index in [1.54, 1.807) is 12.1 Å². The van der Waals surface area contributed by atoms with Crippen LogP contribution in [0.3, 0.4) is 0 Å². The van der Waals surface area contributed by atoms with Crippen molar-refractivity contribution >= 4 is 24.0 Å². The lowest BCUT2D eigenvalue weighted by atomic mass is 9.93. The predicted molar refractivity (Wildman–Crippen MR) is 57.1 cm³/mol. The van der Waals surface area contributed by atoms with Crippen LogP contribution in [0.15, 0.2) is 30.3 Å². The molecule has 0 bridgehead atoms. The van der Waals surface area contributed by atoms with Gasteiger partial charge in [-0.3, -0.25) is 9.59 Å². The summed E-state index contributed by atoms with van der Waals surface area (Å²) < 4.78 is 0. The van der Waals surface area contributed by atoms with Gasteiger partial charge < -0.3 is 11.1 Å². The summed E-state index contributed by atoms with van der Waals surface area (Å²) in [6, 6.07) is 7.37. The number of benzene rings is 1. The molecule has 1 amide bonds. The maximum Gasteiger partial charge on any atom is 0.254 e. The van der Waals surface area contributed by atoms with E-state index in [4.69, 9.17) is 5.73 Å². The van der Waals surface area contributed by atoms with Crippen molar-refractivity contribution in [3.05, 3.63) is 35.9 Å². The van der Waals surface area contributed by atoms with Gasteiger partial charge in [0.05, 0.1) is 0 Å². The largest absolute Gasteiger partial charge is 0.367 e. The van der Waals surface area contributed by atoms with Gasteiger partial charge in [0.2, 0.25) is 0 Å². The fourth-order valence-corrected chi connectivity index (χ4v) is 1.51. The standard InChI is InChI=1S/C11H10N2O2/c12-10(15)11(7-14)6-5-8-3-1-2-4-9(8)13-11/h1-7,13H,(H2,12,15). The summed E-state index contributed by atoms with van der Waals surface area (Å²) in [6.07, 6.45) is 3.71. The normalized spacial score (nSPS) is 22.7. The average Bonchev–Trinajstić information content (AvgIpc) is 2.28. The lowest BCUT2D eigenvalue weighted by Crippen LogP contribution is -2.51. The van der Waals surface area contributed by atoms with Gasteiger partial charge in [-0.25, -0.2) is 0 Å². The number of amides is 1. The Morgan fingerprint density at radius 2 is 2.13 bits per heavy atom. The Labute approximate surface area is 86.8 Å². The molecule has 0 radical (unpaired) electrons. The van der Waals surface area contributed by atoms with Crippen LogP contribution in [0.1, 0.15) is 5.56 Å². The Bertz CT molecular complexity index is 454. The first-order chi connectivity index (χ1) is 7.18. The molecule has 1 aromatic rings. The number of para-hydroxylation sites is 1.